The molecule has 1 unspecified atom stereocenters. The average Bonchev–Trinajstić information content (AvgIpc) is 3.15. The molecule has 0 amide bonds. The van der Waals surface area contributed by atoms with E-state index < -0.39 is 30.2 Å². The molecule has 160 valence electrons. The van der Waals surface area contributed by atoms with E-state index in [1.165, 1.54) is 0 Å². The molecule has 1 atom stereocenters. The van der Waals surface area contributed by atoms with Crippen molar-refractivity contribution in [2.24, 2.45) is 0 Å². The molecule has 0 saturated heterocycles. The number of rotatable bonds is 5. The molecule has 4 rings (SSSR count). The molecule has 0 saturated carbocycles. The number of anilines is 1. The average molecular weight is 417 g/mol. The van der Waals surface area contributed by atoms with Crippen LogP contribution in [-0.4, -0.2) is 36.6 Å². The topological polar surface area (TPSA) is 32.7 Å². The molecule has 30 heavy (non-hydrogen) atoms. The summed E-state index contributed by atoms with van der Waals surface area (Å²) in [4.78, 5) is 1.60. The van der Waals surface area contributed by atoms with Gasteiger partial charge in [-0.2, -0.15) is 13.2 Å². The number of hydrogen-bond acceptors (Lipinski definition) is 3. The molecule has 0 fully saturated rings. The van der Waals surface area contributed by atoms with Gasteiger partial charge in [0, 0.05) is 24.2 Å². The first-order chi connectivity index (χ1) is 14.1. The van der Waals surface area contributed by atoms with Gasteiger partial charge in [0.2, 0.25) is 0 Å². The summed E-state index contributed by atoms with van der Waals surface area (Å²) in [5.74, 6) is 0.665. The fraction of sp³-hybridized carbons (Fsp3) is 0.417. The minimum absolute atomic E-state index is 0.319. The second-order valence-electron chi connectivity index (χ2n) is 8.82. The Balaban J connectivity index is 1.67. The molecule has 2 aromatic carbocycles. The monoisotopic (exact) mass is 417 g/mol. The summed E-state index contributed by atoms with van der Waals surface area (Å²) >= 11 is 0. The van der Waals surface area contributed by atoms with Crippen LogP contribution in [-0.2, 0) is 11.8 Å². The van der Waals surface area contributed by atoms with Crippen molar-refractivity contribution in [3.05, 3.63) is 65.2 Å². The molecular weight excluding hydrogens is 391 g/mol. The van der Waals surface area contributed by atoms with Gasteiger partial charge in [-0.05, 0) is 29.0 Å². The van der Waals surface area contributed by atoms with Crippen molar-refractivity contribution in [1.29, 1.82) is 0 Å². The Morgan fingerprint density at radius 1 is 1.07 bits per heavy atom. The van der Waals surface area contributed by atoms with Crippen LogP contribution in [0.3, 0.4) is 0 Å². The molecule has 2 aromatic rings. The van der Waals surface area contributed by atoms with Crippen molar-refractivity contribution in [1.82, 2.24) is 0 Å². The lowest BCUT2D eigenvalue weighted by Gasteiger charge is -2.42. The van der Waals surface area contributed by atoms with Gasteiger partial charge in [-0.15, -0.1) is 0 Å². The number of β-amino-alcohol motifs (C(OH)–C–C–N with tert-alkyl or cyclic N) is 1. The van der Waals surface area contributed by atoms with E-state index in [1.807, 2.05) is 36.4 Å². The van der Waals surface area contributed by atoms with E-state index in [4.69, 9.17) is 4.74 Å². The first-order valence-electron chi connectivity index (χ1n) is 10.2. The van der Waals surface area contributed by atoms with Crippen LogP contribution in [0.25, 0.3) is 6.08 Å². The normalized spacial score (nSPS) is 17.9. The lowest BCUT2D eigenvalue weighted by Crippen LogP contribution is -2.56. The summed E-state index contributed by atoms with van der Waals surface area (Å²) in [5.41, 5.74) is -0.558. The standard InChI is InChI=1S/C24H26F3NO2/c1-22(2,19-10-5-8-18-12-14-30-21(18)19)15-23(29,24(25,26)27)16-28-13-6-9-17-7-3-4-11-20(17)28/h3-11,29H,12-16H2,1-2H3. The Labute approximate surface area is 174 Å². The summed E-state index contributed by atoms with van der Waals surface area (Å²) in [5, 5.41) is 11.0. The largest absolute Gasteiger partial charge is 0.493 e. The third-order valence-corrected chi connectivity index (χ3v) is 6.06. The second kappa shape index (κ2) is 7.34. The molecule has 0 aromatic heterocycles. The third kappa shape index (κ3) is 3.69. The zero-order chi connectivity index (χ0) is 21.6. The lowest BCUT2D eigenvalue weighted by atomic mass is 9.73. The maximum Gasteiger partial charge on any atom is 0.418 e. The van der Waals surface area contributed by atoms with Crippen LogP contribution in [0.15, 0.2) is 48.5 Å². The molecular formula is C24H26F3NO2. The number of hydrogen-bond donors (Lipinski definition) is 1. The van der Waals surface area contributed by atoms with Gasteiger partial charge < -0.3 is 14.7 Å². The highest BCUT2D eigenvalue weighted by Crippen LogP contribution is 2.46. The number of fused-ring (bicyclic) bond motifs is 2. The zero-order valence-corrected chi connectivity index (χ0v) is 17.2. The van der Waals surface area contributed by atoms with Crippen LogP contribution in [0, 0.1) is 0 Å². The van der Waals surface area contributed by atoms with Crippen LogP contribution in [0.2, 0.25) is 0 Å². The Morgan fingerprint density at radius 3 is 2.60 bits per heavy atom. The van der Waals surface area contributed by atoms with Crippen LogP contribution in [0.1, 0.15) is 37.0 Å². The van der Waals surface area contributed by atoms with Crippen molar-refractivity contribution in [3.8, 4) is 5.75 Å². The van der Waals surface area contributed by atoms with E-state index in [0.29, 0.717) is 30.2 Å². The summed E-state index contributed by atoms with van der Waals surface area (Å²) in [7, 11) is 0. The molecule has 0 spiro atoms. The zero-order valence-electron chi connectivity index (χ0n) is 17.2. The first-order valence-corrected chi connectivity index (χ1v) is 10.2. The van der Waals surface area contributed by atoms with Gasteiger partial charge in [0.05, 0.1) is 13.2 Å². The maximum absolute atomic E-state index is 14.2. The summed E-state index contributed by atoms with van der Waals surface area (Å²) in [6.45, 7) is 3.80. The fourth-order valence-electron chi connectivity index (χ4n) is 4.61. The van der Waals surface area contributed by atoms with Crippen molar-refractivity contribution >= 4 is 11.8 Å². The highest BCUT2D eigenvalue weighted by atomic mass is 19.4. The van der Waals surface area contributed by atoms with Gasteiger partial charge in [0.1, 0.15) is 5.75 Å². The van der Waals surface area contributed by atoms with Crippen LogP contribution in [0.5, 0.6) is 5.75 Å². The van der Waals surface area contributed by atoms with Gasteiger partial charge in [0.25, 0.3) is 0 Å². The minimum atomic E-state index is -4.78. The van der Waals surface area contributed by atoms with Crippen molar-refractivity contribution < 1.29 is 23.0 Å². The van der Waals surface area contributed by atoms with E-state index in [1.54, 1.807) is 36.9 Å². The van der Waals surface area contributed by atoms with Gasteiger partial charge in [-0.1, -0.05) is 62.4 Å². The number of aliphatic hydroxyl groups is 1. The van der Waals surface area contributed by atoms with Crippen molar-refractivity contribution in [2.75, 3.05) is 24.6 Å². The molecule has 0 bridgehead atoms. The van der Waals surface area contributed by atoms with Gasteiger partial charge in [-0.3, -0.25) is 0 Å². The number of ether oxygens (including phenoxy) is 1. The predicted molar refractivity (Wildman–Crippen MR) is 112 cm³/mol. The highest BCUT2D eigenvalue weighted by molar-refractivity contribution is 5.71. The van der Waals surface area contributed by atoms with E-state index in [0.717, 1.165) is 17.5 Å². The van der Waals surface area contributed by atoms with E-state index in [-0.39, 0.29) is 0 Å². The first kappa shape index (κ1) is 20.8. The van der Waals surface area contributed by atoms with Gasteiger partial charge in [0.15, 0.2) is 5.60 Å². The molecule has 0 aliphatic carbocycles. The third-order valence-electron chi connectivity index (χ3n) is 6.06. The molecule has 2 heterocycles. The number of alkyl halides is 3. The maximum atomic E-state index is 14.2. The Hall–Kier alpha value is -2.47. The number of para-hydroxylation sites is 2. The molecule has 6 heteroatoms. The van der Waals surface area contributed by atoms with Crippen LogP contribution >= 0.6 is 0 Å². The molecule has 1 N–H and O–H groups in total. The SMILES string of the molecule is CC(C)(CC(O)(CN1CC=Cc2ccccc21)C(F)(F)F)c1cccc2c1OCC2. The predicted octanol–water partition coefficient (Wildman–Crippen LogP) is 5.12. The Bertz CT molecular complexity index is 967. The number of nitrogens with zero attached hydrogens (tertiary/aromatic N) is 1. The van der Waals surface area contributed by atoms with Gasteiger partial charge >= 0.3 is 6.18 Å². The molecule has 3 nitrogen and oxygen atoms in total. The molecule has 0 radical (unpaired) electrons. The van der Waals surface area contributed by atoms with E-state index in [9.17, 15) is 18.3 Å². The van der Waals surface area contributed by atoms with E-state index in [2.05, 4.69) is 0 Å². The Morgan fingerprint density at radius 2 is 1.83 bits per heavy atom. The number of benzene rings is 2. The highest BCUT2D eigenvalue weighted by Gasteiger charge is 2.57. The van der Waals surface area contributed by atoms with Crippen molar-refractivity contribution in [3.63, 3.8) is 0 Å². The number of halogens is 3. The molecule has 2 aliphatic heterocycles. The molecule has 2 aliphatic rings. The van der Waals surface area contributed by atoms with Crippen LogP contribution < -0.4 is 9.64 Å². The second-order valence-corrected chi connectivity index (χ2v) is 8.82. The summed E-state index contributed by atoms with van der Waals surface area (Å²) in [6, 6.07) is 12.9. The summed E-state index contributed by atoms with van der Waals surface area (Å²) < 4.78 is 48.4. The summed E-state index contributed by atoms with van der Waals surface area (Å²) in [6.07, 6.45) is -0.778. The quantitative estimate of drug-likeness (QED) is 0.733. The van der Waals surface area contributed by atoms with Gasteiger partial charge in [-0.25, -0.2) is 0 Å². The fourth-order valence-corrected chi connectivity index (χ4v) is 4.61. The Kier molecular flexibility index (Phi) is 5.09. The lowest BCUT2D eigenvalue weighted by molar-refractivity contribution is -0.262. The van der Waals surface area contributed by atoms with Crippen LogP contribution in [0.4, 0.5) is 18.9 Å². The minimum Gasteiger partial charge on any atom is -0.493 e. The van der Waals surface area contributed by atoms with Crippen molar-refractivity contribution in [2.45, 2.75) is 43.9 Å². The van der Waals surface area contributed by atoms with E-state index >= 15 is 0 Å². The smallest absolute Gasteiger partial charge is 0.418 e.